The van der Waals surface area contributed by atoms with Crippen molar-refractivity contribution < 1.29 is 4.74 Å². The van der Waals surface area contributed by atoms with Crippen LogP contribution in [0, 0.1) is 11.3 Å². The van der Waals surface area contributed by atoms with Crippen LogP contribution in [0.15, 0.2) is 42.7 Å². The van der Waals surface area contributed by atoms with E-state index in [0.29, 0.717) is 22.7 Å². The Hall–Kier alpha value is -3.00. The molecule has 3 aromatic rings. The van der Waals surface area contributed by atoms with E-state index in [9.17, 15) is 5.26 Å². The number of aromatic nitrogens is 2. The average Bonchev–Trinajstić information content (AvgIpc) is 2.88. The molecular weight excluding hydrogens is 252 g/mol. The Kier molecular flexibility index (Phi) is 2.77. The van der Waals surface area contributed by atoms with E-state index in [4.69, 9.17) is 10.5 Å². The lowest BCUT2D eigenvalue weighted by molar-refractivity contribution is 0.413. The van der Waals surface area contributed by atoms with Gasteiger partial charge in [-0.25, -0.2) is 4.98 Å². The average molecular weight is 264 g/mol. The number of nitrogens with zero attached hydrogens (tertiary/aromatic N) is 3. The highest BCUT2D eigenvalue weighted by Crippen LogP contribution is 2.29. The monoisotopic (exact) mass is 264 g/mol. The molecule has 2 N–H and O–H groups in total. The Labute approximate surface area is 115 Å². The molecule has 0 atom stereocenters. The van der Waals surface area contributed by atoms with Gasteiger partial charge in [-0.1, -0.05) is 6.07 Å². The molecule has 0 aliphatic rings. The molecule has 3 rings (SSSR count). The van der Waals surface area contributed by atoms with Crippen molar-refractivity contribution in [3.05, 3.63) is 48.3 Å². The molecule has 0 aliphatic heterocycles. The third kappa shape index (κ3) is 1.75. The van der Waals surface area contributed by atoms with Crippen molar-refractivity contribution in [3.63, 3.8) is 0 Å². The molecule has 0 amide bonds. The number of benzene rings is 2. The van der Waals surface area contributed by atoms with Crippen LogP contribution < -0.4 is 10.5 Å². The number of rotatable bonds is 2. The van der Waals surface area contributed by atoms with Crippen molar-refractivity contribution in [2.75, 3.05) is 12.8 Å². The molecule has 0 spiro atoms. The Bertz CT molecular complexity index is 829. The number of methoxy groups -OCH3 is 1. The molecule has 2 aromatic carbocycles. The van der Waals surface area contributed by atoms with Crippen molar-refractivity contribution in [3.8, 4) is 17.5 Å². The second-order valence-electron chi connectivity index (χ2n) is 4.33. The molecule has 0 saturated carbocycles. The number of nitriles is 1. The van der Waals surface area contributed by atoms with E-state index < -0.39 is 0 Å². The highest BCUT2D eigenvalue weighted by Gasteiger charge is 2.14. The summed E-state index contributed by atoms with van der Waals surface area (Å²) in [4.78, 5) is 4.32. The number of imidazole rings is 1. The number of hydrogen-bond acceptors (Lipinski definition) is 4. The zero-order chi connectivity index (χ0) is 14.1. The molecule has 0 unspecified atom stereocenters. The SMILES string of the molecule is COc1cccc(C#N)c1-n1cnc2cc(N)ccc21. The number of hydrogen-bond donors (Lipinski definition) is 1. The molecule has 0 aliphatic carbocycles. The molecule has 5 nitrogen and oxygen atoms in total. The van der Waals surface area contributed by atoms with E-state index in [0.717, 1.165) is 11.0 Å². The molecule has 0 radical (unpaired) electrons. The molecule has 1 heterocycles. The molecule has 0 bridgehead atoms. The second kappa shape index (κ2) is 4.59. The van der Waals surface area contributed by atoms with Crippen molar-refractivity contribution in [1.82, 2.24) is 9.55 Å². The fourth-order valence-corrected chi connectivity index (χ4v) is 2.23. The fourth-order valence-electron chi connectivity index (χ4n) is 2.23. The molecule has 0 fully saturated rings. The van der Waals surface area contributed by atoms with Gasteiger partial charge in [0.25, 0.3) is 0 Å². The highest BCUT2D eigenvalue weighted by molar-refractivity contribution is 5.82. The highest BCUT2D eigenvalue weighted by atomic mass is 16.5. The summed E-state index contributed by atoms with van der Waals surface area (Å²) in [5, 5.41) is 9.29. The summed E-state index contributed by atoms with van der Waals surface area (Å²) in [7, 11) is 1.58. The molecule has 0 saturated heterocycles. The number of ether oxygens (including phenoxy) is 1. The van der Waals surface area contributed by atoms with Crippen LogP contribution >= 0.6 is 0 Å². The maximum Gasteiger partial charge on any atom is 0.144 e. The summed E-state index contributed by atoms with van der Waals surface area (Å²) < 4.78 is 7.20. The zero-order valence-corrected chi connectivity index (χ0v) is 10.9. The smallest absolute Gasteiger partial charge is 0.144 e. The number of nitrogens with two attached hydrogens (primary N) is 1. The minimum atomic E-state index is 0.528. The van der Waals surface area contributed by atoms with Crippen molar-refractivity contribution in [2.24, 2.45) is 0 Å². The Morgan fingerprint density at radius 2 is 2.15 bits per heavy atom. The lowest BCUT2D eigenvalue weighted by Gasteiger charge is -2.11. The van der Waals surface area contributed by atoms with Gasteiger partial charge in [0, 0.05) is 5.69 Å². The number of anilines is 1. The molecule has 1 aromatic heterocycles. The summed E-state index contributed by atoms with van der Waals surface area (Å²) in [6.45, 7) is 0. The van der Waals surface area contributed by atoms with Gasteiger partial charge >= 0.3 is 0 Å². The van der Waals surface area contributed by atoms with Crippen LogP contribution in [0.25, 0.3) is 16.7 Å². The van der Waals surface area contributed by atoms with Crippen molar-refractivity contribution in [1.29, 1.82) is 5.26 Å². The third-order valence-electron chi connectivity index (χ3n) is 3.15. The summed E-state index contributed by atoms with van der Waals surface area (Å²) in [5.41, 5.74) is 9.28. The topological polar surface area (TPSA) is 76.9 Å². The van der Waals surface area contributed by atoms with E-state index in [-0.39, 0.29) is 0 Å². The zero-order valence-electron chi connectivity index (χ0n) is 10.9. The summed E-state index contributed by atoms with van der Waals surface area (Å²) in [6.07, 6.45) is 1.67. The van der Waals surface area contributed by atoms with Gasteiger partial charge in [-0.2, -0.15) is 5.26 Å². The Morgan fingerprint density at radius 3 is 2.90 bits per heavy atom. The van der Waals surface area contributed by atoms with Crippen LogP contribution in [0.3, 0.4) is 0 Å². The van der Waals surface area contributed by atoms with Gasteiger partial charge in [0.15, 0.2) is 0 Å². The normalized spacial score (nSPS) is 10.4. The Balaban J connectivity index is 2.34. The van der Waals surface area contributed by atoms with Crippen molar-refractivity contribution in [2.45, 2.75) is 0 Å². The van der Waals surface area contributed by atoms with Crippen LogP contribution in [0.1, 0.15) is 5.56 Å². The standard InChI is InChI=1S/C15H12N4O/c1-20-14-4-2-3-10(8-16)15(14)19-9-18-12-7-11(17)5-6-13(12)19/h2-7,9H,17H2,1H3. The summed E-state index contributed by atoms with van der Waals surface area (Å²) in [6, 6.07) is 13.0. The summed E-state index contributed by atoms with van der Waals surface area (Å²) >= 11 is 0. The van der Waals surface area contributed by atoms with Crippen LogP contribution in [0.4, 0.5) is 5.69 Å². The number of para-hydroxylation sites is 1. The van der Waals surface area contributed by atoms with Gasteiger partial charge in [0.2, 0.25) is 0 Å². The van der Waals surface area contributed by atoms with E-state index in [1.807, 2.05) is 22.8 Å². The first kappa shape index (κ1) is 12.1. The maximum absolute atomic E-state index is 9.29. The van der Waals surface area contributed by atoms with Gasteiger partial charge < -0.3 is 10.5 Å². The molecular formula is C15H12N4O. The van der Waals surface area contributed by atoms with E-state index in [1.54, 1.807) is 31.6 Å². The largest absolute Gasteiger partial charge is 0.495 e. The molecule has 5 heteroatoms. The van der Waals surface area contributed by atoms with Gasteiger partial charge in [0.05, 0.1) is 23.7 Å². The Morgan fingerprint density at radius 1 is 1.30 bits per heavy atom. The van der Waals surface area contributed by atoms with E-state index in [2.05, 4.69) is 11.1 Å². The van der Waals surface area contributed by atoms with E-state index >= 15 is 0 Å². The minimum Gasteiger partial charge on any atom is -0.495 e. The van der Waals surface area contributed by atoms with Crippen LogP contribution in [-0.2, 0) is 0 Å². The lowest BCUT2D eigenvalue weighted by atomic mass is 10.1. The van der Waals surface area contributed by atoms with Gasteiger partial charge in [-0.05, 0) is 30.3 Å². The van der Waals surface area contributed by atoms with E-state index in [1.165, 1.54) is 0 Å². The molecule has 20 heavy (non-hydrogen) atoms. The van der Waals surface area contributed by atoms with Crippen LogP contribution in [0.5, 0.6) is 5.75 Å². The number of nitrogen functional groups attached to an aromatic ring is 1. The molecule has 98 valence electrons. The first-order valence-corrected chi connectivity index (χ1v) is 6.04. The quantitative estimate of drug-likeness (QED) is 0.721. The first-order chi connectivity index (χ1) is 9.74. The van der Waals surface area contributed by atoms with Gasteiger partial charge in [-0.15, -0.1) is 0 Å². The predicted molar refractivity (Wildman–Crippen MR) is 76.7 cm³/mol. The van der Waals surface area contributed by atoms with Gasteiger partial charge in [-0.3, -0.25) is 4.57 Å². The predicted octanol–water partition coefficient (Wildman–Crippen LogP) is 2.49. The number of fused-ring (bicyclic) bond motifs is 1. The lowest BCUT2D eigenvalue weighted by Crippen LogP contribution is -2.00. The second-order valence-corrected chi connectivity index (χ2v) is 4.33. The first-order valence-electron chi connectivity index (χ1n) is 6.04. The third-order valence-corrected chi connectivity index (χ3v) is 3.15. The van der Waals surface area contributed by atoms with Crippen molar-refractivity contribution >= 4 is 16.7 Å². The minimum absolute atomic E-state index is 0.528. The van der Waals surface area contributed by atoms with Gasteiger partial charge in [0.1, 0.15) is 23.8 Å². The summed E-state index contributed by atoms with van der Waals surface area (Å²) in [5.74, 6) is 0.625. The van der Waals surface area contributed by atoms with Crippen LogP contribution in [-0.4, -0.2) is 16.7 Å². The van der Waals surface area contributed by atoms with Crippen LogP contribution in [0.2, 0.25) is 0 Å². The fraction of sp³-hybridized carbons (Fsp3) is 0.0667. The maximum atomic E-state index is 9.29.